The van der Waals surface area contributed by atoms with Crippen LogP contribution in [-0.4, -0.2) is 17.2 Å². The molecule has 0 bridgehead atoms. The van der Waals surface area contributed by atoms with Crippen molar-refractivity contribution in [2.45, 2.75) is 64.3 Å². The van der Waals surface area contributed by atoms with Crippen molar-refractivity contribution < 1.29 is 9.59 Å². The summed E-state index contributed by atoms with van der Waals surface area (Å²) in [6.45, 7) is 6.12. The predicted octanol–water partition coefficient (Wildman–Crippen LogP) is 4.76. The summed E-state index contributed by atoms with van der Waals surface area (Å²) in [5.41, 5.74) is 5.84. The summed E-state index contributed by atoms with van der Waals surface area (Å²) in [6.07, 6.45) is 4.76. The lowest BCUT2D eigenvalue weighted by molar-refractivity contribution is -0.125. The third kappa shape index (κ3) is 2.99. The molecular formula is C24H27NO2. The standard InChI is InChI=1S/C24H27NO2/c1-15-7-9-18(10-8-15)19-13-16(2)20(17(3)14-19)21-22(26)24(25-23(21)27)11-5-4-6-12-24/h7-10,13-14,21H,4-6,11-12H2,1-3H3,(H,25,27). The largest absolute Gasteiger partial charge is 0.343 e. The van der Waals surface area contributed by atoms with Crippen LogP contribution in [0.1, 0.15) is 60.3 Å². The molecule has 2 fully saturated rings. The van der Waals surface area contributed by atoms with Gasteiger partial charge in [0.25, 0.3) is 0 Å². The minimum absolute atomic E-state index is 0.0847. The van der Waals surface area contributed by atoms with Crippen LogP contribution in [0, 0.1) is 20.8 Å². The van der Waals surface area contributed by atoms with Crippen molar-refractivity contribution in [2.75, 3.05) is 0 Å². The molecule has 3 nitrogen and oxygen atoms in total. The number of nitrogens with one attached hydrogen (secondary N) is 1. The average Bonchev–Trinajstić information content (AvgIpc) is 2.86. The van der Waals surface area contributed by atoms with E-state index < -0.39 is 11.5 Å². The number of carbonyl (C=O) groups is 2. The topological polar surface area (TPSA) is 46.2 Å². The zero-order chi connectivity index (χ0) is 19.2. The number of hydrogen-bond acceptors (Lipinski definition) is 2. The third-order valence-corrected chi connectivity index (χ3v) is 6.33. The Morgan fingerprint density at radius 3 is 2.04 bits per heavy atom. The molecule has 1 spiro atoms. The van der Waals surface area contributed by atoms with Crippen molar-refractivity contribution in [3.8, 4) is 11.1 Å². The summed E-state index contributed by atoms with van der Waals surface area (Å²) in [5, 5.41) is 3.09. The molecule has 0 aromatic heterocycles. The second kappa shape index (κ2) is 6.63. The SMILES string of the molecule is Cc1ccc(-c2cc(C)c(C3C(=O)NC4(CCCCC4)C3=O)c(C)c2)cc1. The summed E-state index contributed by atoms with van der Waals surface area (Å²) >= 11 is 0. The molecule has 27 heavy (non-hydrogen) atoms. The van der Waals surface area contributed by atoms with Gasteiger partial charge in [-0.25, -0.2) is 0 Å². The van der Waals surface area contributed by atoms with Gasteiger partial charge in [-0.3, -0.25) is 9.59 Å². The van der Waals surface area contributed by atoms with Crippen LogP contribution in [0.5, 0.6) is 0 Å². The second-order valence-electron chi connectivity index (χ2n) is 8.32. The Bertz CT molecular complexity index is 881. The number of benzene rings is 2. The Hall–Kier alpha value is -2.42. The van der Waals surface area contributed by atoms with Gasteiger partial charge in [0.1, 0.15) is 5.92 Å². The maximum atomic E-state index is 13.3. The van der Waals surface area contributed by atoms with E-state index >= 15 is 0 Å². The lowest BCUT2D eigenvalue weighted by Gasteiger charge is -2.31. The van der Waals surface area contributed by atoms with Crippen LogP contribution in [0.2, 0.25) is 0 Å². The lowest BCUT2D eigenvalue weighted by Crippen LogP contribution is -2.47. The van der Waals surface area contributed by atoms with Gasteiger partial charge in [0.2, 0.25) is 5.91 Å². The van der Waals surface area contributed by atoms with Gasteiger partial charge in [0.15, 0.2) is 5.78 Å². The highest BCUT2D eigenvalue weighted by molar-refractivity contribution is 6.17. The molecule has 1 saturated carbocycles. The summed E-state index contributed by atoms with van der Waals surface area (Å²) < 4.78 is 0. The quantitative estimate of drug-likeness (QED) is 0.784. The third-order valence-electron chi connectivity index (χ3n) is 6.33. The molecule has 1 aliphatic carbocycles. The molecular weight excluding hydrogens is 334 g/mol. The van der Waals surface area contributed by atoms with Crippen molar-refractivity contribution in [3.05, 3.63) is 58.7 Å². The van der Waals surface area contributed by atoms with E-state index in [1.807, 2.05) is 13.8 Å². The predicted molar refractivity (Wildman–Crippen MR) is 108 cm³/mol. The van der Waals surface area contributed by atoms with Gasteiger partial charge in [-0.1, -0.05) is 61.2 Å². The fourth-order valence-corrected chi connectivity index (χ4v) is 4.90. The number of Topliss-reactive ketones (excluding diaryl/α,β-unsaturated/α-hetero) is 1. The van der Waals surface area contributed by atoms with Gasteiger partial charge in [0, 0.05) is 0 Å². The van der Waals surface area contributed by atoms with Crippen molar-refractivity contribution in [1.82, 2.24) is 5.32 Å². The van der Waals surface area contributed by atoms with Gasteiger partial charge >= 0.3 is 0 Å². The molecule has 2 aliphatic rings. The molecule has 2 aromatic rings. The van der Waals surface area contributed by atoms with Crippen LogP contribution in [0.15, 0.2) is 36.4 Å². The van der Waals surface area contributed by atoms with E-state index in [0.29, 0.717) is 0 Å². The van der Waals surface area contributed by atoms with Gasteiger partial charge < -0.3 is 5.32 Å². The van der Waals surface area contributed by atoms with Crippen LogP contribution < -0.4 is 5.32 Å². The Kier molecular flexibility index (Phi) is 4.41. The van der Waals surface area contributed by atoms with Crippen molar-refractivity contribution in [2.24, 2.45) is 0 Å². The number of ketones is 1. The average molecular weight is 361 g/mol. The molecule has 1 amide bonds. The van der Waals surface area contributed by atoms with Gasteiger partial charge in [-0.15, -0.1) is 0 Å². The molecule has 1 heterocycles. The molecule has 1 unspecified atom stereocenters. The highest BCUT2D eigenvalue weighted by atomic mass is 16.2. The lowest BCUT2D eigenvalue weighted by atomic mass is 9.75. The zero-order valence-corrected chi connectivity index (χ0v) is 16.4. The maximum absolute atomic E-state index is 13.3. The van der Waals surface area contributed by atoms with E-state index in [4.69, 9.17) is 0 Å². The molecule has 1 atom stereocenters. The van der Waals surface area contributed by atoms with Crippen molar-refractivity contribution >= 4 is 11.7 Å². The highest BCUT2D eigenvalue weighted by Crippen LogP contribution is 2.41. The monoisotopic (exact) mass is 361 g/mol. The van der Waals surface area contributed by atoms with Gasteiger partial charge in [-0.2, -0.15) is 0 Å². The summed E-state index contributed by atoms with van der Waals surface area (Å²) in [7, 11) is 0. The first-order valence-electron chi connectivity index (χ1n) is 9.96. The summed E-state index contributed by atoms with van der Waals surface area (Å²) in [6, 6.07) is 12.7. The molecule has 0 radical (unpaired) electrons. The zero-order valence-electron chi connectivity index (χ0n) is 16.4. The first-order chi connectivity index (χ1) is 12.9. The number of carbonyl (C=O) groups excluding carboxylic acids is 2. The minimum Gasteiger partial charge on any atom is -0.343 e. The van der Waals surface area contributed by atoms with E-state index in [1.165, 1.54) is 5.56 Å². The number of aryl methyl sites for hydroxylation is 3. The fourth-order valence-electron chi connectivity index (χ4n) is 4.90. The molecule has 4 rings (SSSR count). The Morgan fingerprint density at radius 2 is 1.44 bits per heavy atom. The Balaban J connectivity index is 1.73. The van der Waals surface area contributed by atoms with E-state index in [2.05, 4.69) is 48.6 Å². The number of amides is 1. The second-order valence-corrected chi connectivity index (χ2v) is 8.32. The smallest absolute Gasteiger partial charge is 0.235 e. The minimum atomic E-state index is -0.657. The highest BCUT2D eigenvalue weighted by Gasteiger charge is 2.53. The van der Waals surface area contributed by atoms with E-state index in [1.54, 1.807) is 0 Å². The van der Waals surface area contributed by atoms with Crippen LogP contribution in [0.3, 0.4) is 0 Å². The van der Waals surface area contributed by atoms with Crippen LogP contribution in [0.25, 0.3) is 11.1 Å². The van der Waals surface area contributed by atoms with Gasteiger partial charge in [-0.05, 0) is 61.4 Å². The molecule has 1 saturated heterocycles. The van der Waals surface area contributed by atoms with E-state index in [-0.39, 0.29) is 11.7 Å². The molecule has 1 aliphatic heterocycles. The van der Waals surface area contributed by atoms with Crippen molar-refractivity contribution in [3.63, 3.8) is 0 Å². The van der Waals surface area contributed by atoms with Crippen molar-refractivity contribution in [1.29, 1.82) is 0 Å². The fraction of sp³-hybridized carbons (Fsp3) is 0.417. The molecule has 2 aromatic carbocycles. The molecule has 1 N–H and O–H groups in total. The van der Waals surface area contributed by atoms with Crippen LogP contribution >= 0.6 is 0 Å². The van der Waals surface area contributed by atoms with Crippen LogP contribution in [0.4, 0.5) is 0 Å². The first kappa shape index (κ1) is 18.0. The van der Waals surface area contributed by atoms with E-state index in [0.717, 1.165) is 59.9 Å². The molecule has 3 heteroatoms. The normalized spacial score (nSPS) is 21.5. The summed E-state index contributed by atoms with van der Waals surface area (Å²) in [5.74, 6) is -0.687. The Morgan fingerprint density at radius 1 is 0.852 bits per heavy atom. The first-order valence-corrected chi connectivity index (χ1v) is 9.96. The van der Waals surface area contributed by atoms with Gasteiger partial charge in [0.05, 0.1) is 5.54 Å². The Labute approximate surface area is 161 Å². The summed E-state index contributed by atoms with van der Waals surface area (Å²) in [4.78, 5) is 26.1. The molecule has 140 valence electrons. The van der Waals surface area contributed by atoms with Crippen LogP contribution in [-0.2, 0) is 9.59 Å². The van der Waals surface area contributed by atoms with E-state index in [9.17, 15) is 9.59 Å². The number of hydrogen-bond donors (Lipinski definition) is 1. The maximum Gasteiger partial charge on any atom is 0.235 e. The number of rotatable bonds is 2.